The monoisotopic (exact) mass is 318 g/mol. The summed E-state index contributed by atoms with van der Waals surface area (Å²) in [7, 11) is 0. The summed E-state index contributed by atoms with van der Waals surface area (Å²) in [4.78, 5) is 23.3. The zero-order chi connectivity index (χ0) is 17.3. The number of hydrogen-bond acceptors (Lipinski definition) is 6. The highest BCUT2D eigenvalue weighted by Crippen LogP contribution is 2.30. The van der Waals surface area contributed by atoms with Crippen LogP contribution in [0.25, 0.3) is 0 Å². The van der Waals surface area contributed by atoms with Crippen LogP contribution in [-0.2, 0) is 14.4 Å². The molecule has 1 aliphatic rings. The molecule has 0 amide bonds. The lowest BCUT2D eigenvalue weighted by molar-refractivity contribution is -0.159. The van der Waals surface area contributed by atoms with Gasteiger partial charge in [0.1, 0.15) is 12.7 Å². The van der Waals surface area contributed by atoms with Gasteiger partial charge in [0, 0.05) is 18.0 Å². The van der Waals surface area contributed by atoms with Crippen molar-refractivity contribution in [2.45, 2.75) is 52.2 Å². The second-order valence-electron chi connectivity index (χ2n) is 6.20. The molecule has 0 bridgehead atoms. The molecule has 1 atom stereocenters. The van der Waals surface area contributed by atoms with E-state index in [4.69, 9.17) is 24.6 Å². The Bertz CT molecular complexity index is 387. The van der Waals surface area contributed by atoms with E-state index in [2.05, 4.69) is 31.2 Å². The highest BCUT2D eigenvalue weighted by molar-refractivity contribution is 6.27. The molecule has 1 aliphatic carbocycles. The molecule has 0 aromatic heterocycles. The lowest BCUT2D eigenvalue weighted by Crippen LogP contribution is -2.42. The Hall–Kier alpha value is -1.67. The Balaban J connectivity index is 0.000000626. The Morgan fingerprint density at radius 3 is 2.14 bits per heavy atom. The van der Waals surface area contributed by atoms with Crippen LogP contribution in [0.1, 0.15) is 40.5 Å². The molecule has 22 heavy (non-hydrogen) atoms. The van der Waals surface area contributed by atoms with Gasteiger partial charge in [0.2, 0.25) is 0 Å². The average molecular weight is 318 g/mol. The van der Waals surface area contributed by atoms with Crippen molar-refractivity contribution in [3.63, 3.8) is 0 Å². The zero-order valence-corrected chi connectivity index (χ0v) is 13.5. The Kier molecular flexibility index (Phi) is 8.66. The fourth-order valence-electron chi connectivity index (χ4n) is 1.28. The minimum atomic E-state index is -1.82. The third-order valence-electron chi connectivity index (χ3n) is 2.69. The van der Waals surface area contributed by atoms with Gasteiger partial charge in [-0.25, -0.2) is 9.59 Å². The maximum absolute atomic E-state index is 9.62. The van der Waals surface area contributed by atoms with Crippen molar-refractivity contribution in [3.05, 3.63) is 0 Å². The Morgan fingerprint density at radius 2 is 1.77 bits per heavy atom. The molecule has 0 aliphatic heterocycles. The minimum absolute atomic E-state index is 0.0220. The summed E-state index contributed by atoms with van der Waals surface area (Å²) in [6, 6.07) is 0. The third-order valence-corrected chi connectivity index (χ3v) is 2.69. The molecular formula is C14H26N2O6. The number of nitrogens with one attached hydrogen (secondary N) is 1. The quantitative estimate of drug-likeness (QED) is 0.322. The number of β-amino-alcohol motifs (C(OH)–C–C–N with tert-alkyl or cyclic N) is 1. The number of carbonyl (C=O) groups is 2. The molecule has 1 saturated carbocycles. The second-order valence-corrected chi connectivity index (χ2v) is 6.20. The topological polar surface area (TPSA) is 128 Å². The first-order valence-corrected chi connectivity index (χ1v) is 7.08. The molecule has 0 radical (unpaired) electrons. The van der Waals surface area contributed by atoms with Crippen LogP contribution >= 0.6 is 0 Å². The van der Waals surface area contributed by atoms with Gasteiger partial charge >= 0.3 is 11.9 Å². The first-order valence-electron chi connectivity index (χ1n) is 7.08. The van der Waals surface area contributed by atoms with Gasteiger partial charge in [-0.15, -0.1) is 0 Å². The normalized spacial score (nSPS) is 16.3. The second kappa shape index (κ2) is 9.37. The lowest BCUT2D eigenvalue weighted by Gasteiger charge is -2.22. The summed E-state index contributed by atoms with van der Waals surface area (Å²) in [6.45, 7) is 8.97. The number of nitrogens with zero attached hydrogens (tertiary/aromatic N) is 1. The summed E-state index contributed by atoms with van der Waals surface area (Å²) >= 11 is 0. The molecule has 0 aromatic carbocycles. The number of hydrogen-bond donors (Lipinski definition) is 4. The Labute approximate surface area is 130 Å². The van der Waals surface area contributed by atoms with Crippen molar-refractivity contribution in [2.75, 3.05) is 13.2 Å². The molecular weight excluding hydrogens is 292 g/mol. The standard InChI is InChI=1S/C12H24N2O2.C2H2O4/c1-9(10-5-6-10)14-16-8-11(15)7-13-12(2,3)4;3-1(4)2(5)6/h10-11,13,15H,5-8H2,1-4H3;(H,3,4)(H,5,6)/b14-9-;/t11-;/m0./s1. The molecule has 4 N–H and O–H groups in total. The highest BCUT2D eigenvalue weighted by Gasteiger charge is 2.25. The first kappa shape index (κ1) is 20.3. The maximum Gasteiger partial charge on any atom is 0.414 e. The number of carboxylic acid groups (broad SMARTS) is 2. The smallest absolute Gasteiger partial charge is 0.414 e. The molecule has 128 valence electrons. The van der Waals surface area contributed by atoms with Gasteiger partial charge in [0.25, 0.3) is 0 Å². The summed E-state index contributed by atoms with van der Waals surface area (Å²) in [6.07, 6.45) is 1.95. The van der Waals surface area contributed by atoms with Gasteiger partial charge in [0.05, 0.1) is 5.71 Å². The lowest BCUT2D eigenvalue weighted by atomic mass is 10.1. The van der Waals surface area contributed by atoms with Gasteiger partial charge in [-0.05, 0) is 40.5 Å². The van der Waals surface area contributed by atoms with E-state index in [1.54, 1.807) is 0 Å². The van der Waals surface area contributed by atoms with Gasteiger partial charge < -0.3 is 25.5 Å². The zero-order valence-electron chi connectivity index (χ0n) is 13.5. The van der Waals surface area contributed by atoms with Gasteiger partial charge in [-0.3, -0.25) is 0 Å². The van der Waals surface area contributed by atoms with Crippen molar-refractivity contribution in [1.82, 2.24) is 5.32 Å². The van der Waals surface area contributed by atoms with Crippen molar-refractivity contribution >= 4 is 17.7 Å². The van der Waals surface area contributed by atoms with Crippen molar-refractivity contribution in [3.8, 4) is 0 Å². The molecule has 0 aromatic rings. The van der Waals surface area contributed by atoms with Crippen molar-refractivity contribution in [2.24, 2.45) is 11.1 Å². The molecule has 0 heterocycles. The number of rotatable bonds is 6. The van der Waals surface area contributed by atoms with Crippen LogP contribution in [0.3, 0.4) is 0 Å². The van der Waals surface area contributed by atoms with Crippen molar-refractivity contribution in [1.29, 1.82) is 0 Å². The largest absolute Gasteiger partial charge is 0.473 e. The molecule has 1 fully saturated rings. The average Bonchev–Trinajstić information content (AvgIpc) is 3.20. The van der Waals surface area contributed by atoms with Gasteiger partial charge in [-0.1, -0.05) is 5.16 Å². The van der Waals surface area contributed by atoms with Gasteiger partial charge in [0.15, 0.2) is 0 Å². The van der Waals surface area contributed by atoms with Crippen LogP contribution in [0.15, 0.2) is 5.16 Å². The maximum atomic E-state index is 9.62. The van der Waals surface area contributed by atoms with E-state index in [-0.39, 0.29) is 12.1 Å². The van der Waals surface area contributed by atoms with Crippen LogP contribution in [0.2, 0.25) is 0 Å². The van der Waals surface area contributed by atoms with E-state index >= 15 is 0 Å². The summed E-state index contributed by atoms with van der Waals surface area (Å²) in [5.74, 6) is -3.02. The SMILES string of the molecule is C/C(=N/OC[C@@H](O)CNC(C)(C)C)C1CC1.O=C(O)C(=O)O. The molecule has 0 spiro atoms. The van der Waals surface area contributed by atoms with Crippen LogP contribution < -0.4 is 5.32 Å². The third kappa shape index (κ3) is 12.1. The summed E-state index contributed by atoms with van der Waals surface area (Å²) in [5, 5.41) is 31.6. The van der Waals surface area contributed by atoms with Crippen molar-refractivity contribution < 1.29 is 29.7 Å². The first-order chi connectivity index (χ1) is 10.0. The van der Waals surface area contributed by atoms with E-state index in [1.165, 1.54) is 12.8 Å². The fraction of sp³-hybridized carbons (Fsp3) is 0.786. The van der Waals surface area contributed by atoms with E-state index in [0.717, 1.165) is 5.71 Å². The van der Waals surface area contributed by atoms with Crippen LogP contribution in [0, 0.1) is 5.92 Å². The fourth-order valence-corrected chi connectivity index (χ4v) is 1.28. The highest BCUT2D eigenvalue weighted by atomic mass is 16.6. The number of carboxylic acids is 2. The number of aliphatic carboxylic acids is 2. The van der Waals surface area contributed by atoms with Crippen LogP contribution in [0.4, 0.5) is 0 Å². The van der Waals surface area contributed by atoms with Crippen LogP contribution in [0.5, 0.6) is 0 Å². The molecule has 8 heteroatoms. The predicted molar refractivity (Wildman–Crippen MR) is 80.8 cm³/mol. The molecule has 1 rings (SSSR count). The predicted octanol–water partition coefficient (Wildman–Crippen LogP) is 0.694. The number of aliphatic hydroxyl groups excluding tert-OH is 1. The van der Waals surface area contributed by atoms with E-state index < -0.39 is 18.0 Å². The van der Waals surface area contributed by atoms with E-state index in [9.17, 15) is 5.11 Å². The molecule has 0 saturated heterocycles. The minimum Gasteiger partial charge on any atom is -0.473 e. The van der Waals surface area contributed by atoms with Crippen LogP contribution in [-0.4, -0.2) is 57.8 Å². The molecule has 0 unspecified atom stereocenters. The Morgan fingerprint density at radius 1 is 1.27 bits per heavy atom. The molecule has 8 nitrogen and oxygen atoms in total. The van der Waals surface area contributed by atoms with E-state index in [0.29, 0.717) is 12.5 Å². The van der Waals surface area contributed by atoms with Gasteiger partial charge in [-0.2, -0.15) is 0 Å². The summed E-state index contributed by atoms with van der Waals surface area (Å²) in [5.41, 5.74) is 1.07. The number of aliphatic hydroxyl groups is 1. The summed E-state index contributed by atoms with van der Waals surface area (Å²) < 4.78 is 0. The number of oxime groups is 1. The van der Waals surface area contributed by atoms with E-state index in [1.807, 2.05) is 6.92 Å².